The average molecular weight is 784 g/mol. The predicted octanol–water partition coefficient (Wildman–Crippen LogP) is 7.45. The van der Waals surface area contributed by atoms with Crippen LogP contribution in [0.5, 0.6) is 5.75 Å². The highest BCUT2D eigenvalue weighted by Gasteiger charge is 2.44. The van der Waals surface area contributed by atoms with Crippen molar-refractivity contribution in [1.29, 1.82) is 0 Å². The number of ether oxygens (including phenoxy) is 1. The Morgan fingerprint density at radius 3 is 2.19 bits per heavy atom. The number of rotatable bonds is 13. The van der Waals surface area contributed by atoms with Gasteiger partial charge in [0, 0.05) is 69.3 Å². The van der Waals surface area contributed by atoms with Crippen molar-refractivity contribution in [3.8, 4) is 5.75 Å². The number of allylic oxidation sites excluding steroid dienone is 1. The smallest absolute Gasteiger partial charge is 0.243 e. The van der Waals surface area contributed by atoms with Crippen molar-refractivity contribution in [2.45, 2.75) is 69.7 Å². The Labute approximate surface area is 342 Å². The average Bonchev–Trinajstić information content (AvgIpc) is 3.97. The van der Waals surface area contributed by atoms with E-state index in [2.05, 4.69) is 128 Å². The van der Waals surface area contributed by atoms with Crippen LogP contribution in [0.25, 0.3) is 11.1 Å². The highest BCUT2D eigenvalue weighted by atomic mass is 35.5. The van der Waals surface area contributed by atoms with Crippen LogP contribution in [0.4, 0.5) is 5.69 Å². The van der Waals surface area contributed by atoms with Gasteiger partial charge in [-0.2, -0.15) is 0 Å². The van der Waals surface area contributed by atoms with Gasteiger partial charge in [-0.05, 0) is 114 Å². The van der Waals surface area contributed by atoms with E-state index in [1.165, 1.54) is 70.5 Å². The number of carbonyl (C=O) groups is 2. The molecule has 5 aliphatic heterocycles. The fourth-order valence-electron chi connectivity index (χ4n) is 10.1. The molecule has 57 heavy (non-hydrogen) atoms. The highest BCUT2D eigenvalue weighted by Crippen LogP contribution is 2.39. The Kier molecular flexibility index (Phi) is 11.5. The van der Waals surface area contributed by atoms with Gasteiger partial charge in [-0.1, -0.05) is 78.9 Å². The van der Waals surface area contributed by atoms with E-state index in [1.807, 2.05) is 0 Å². The zero-order chi connectivity index (χ0) is 38.7. The third kappa shape index (κ3) is 8.42. The van der Waals surface area contributed by atoms with Crippen molar-refractivity contribution < 1.29 is 14.3 Å². The van der Waals surface area contributed by atoms with Crippen LogP contribution >= 0.6 is 11.6 Å². The molecule has 4 fully saturated rings. The number of hydrogen-bond acceptors (Lipinski definition) is 7. The summed E-state index contributed by atoms with van der Waals surface area (Å²) in [6.07, 6.45) is 5.58. The zero-order valence-corrected chi connectivity index (χ0v) is 33.6. The molecule has 0 aliphatic carbocycles. The van der Waals surface area contributed by atoms with Crippen molar-refractivity contribution in [2.75, 3.05) is 56.7 Å². The summed E-state index contributed by atoms with van der Waals surface area (Å²) in [5.74, 6) is 1.93. The summed E-state index contributed by atoms with van der Waals surface area (Å²) in [5, 5.41) is 2.53. The summed E-state index contributed by atoms with van der Waals surface area (Å²) < 4.78 is 6.30. The van der Waals surface area contributed by atoms with Crippen LogP contribution < -0.4 is 15.0 Å². The van der Waals surface area contributed by atoms with E-state index in [0.717, 1.165) is 63.9 Å². The lowest BCUT2D eigenvalue weighted by Gasteiger charge is -2.39. The number of halogens is 1. The van der Waals surface area contributed by atoms with Crippen LogP contribution in [0.15, 0.2) is 103 Å². The molecule has 296 valence electrons. The van der Waals surface area contributed by atoms with E-state index in [0.29, 0.717) is 37.4 Å². The third-order valence-corrected chi connectivity index (χ3v) is 13.3. The third-order valence-electron chi connectivity index (χ3n) is 13.1. The van der Waals surface area contributed by atoms with Crippen LogP contribution in [-0.4, -0.2) is 96.4 Å². The predicted molar refractivity (Wildman–Crippen MR) is 228 cm³/mol. The van der Waals surface area contributed by atoms with E-state index in [-0.39, 0.29) is 17.9 Å². The molecule has 0 radical (unpaired) electrons. The van der Waals surface area contributed by atoms with Crippen LogP contribution in [0, 0.1) is 5.92 Å². The number of hydrogen-bond donors (Lipinski definition) is 1. The monoisotopic (exact) mass is 783 g/mol. The second kappa shape index (κ2) is 17.2. The number of nitrogens with one attached hydrogen (secondary N) is 1. The van der Waals surface area contributed by atoms with Gasteiger partial charge in [0.05, 0.1) is 6.04 Å². The number of imide groups is 1. The number of likely N-dealkylation sites (tertiary alicyclic amines) is 2. The van der Waals surface area contributed by atoms with Crippen molar-refractivity contribution in [3.05, 3.63) is 131 Å². The van der Waals surface area contributed by atoms with Gasteiger partial charge in [0.2, 0.25) is 11.8 Å². The van der Waals surface area contributed by atoms with E-state index < -0.39 is 0 Å². The van der Waals surface area contributed by atoms with Gasteiger partial charge >= 0.3 is 0 Å². The van der Waals surface area contributed by atoms with Gasteiger partial charge in [-0.15, -0.1) is 11.6 Å². The normalized spacial score (nSPS) is 23.5. The fourth-order valence-corrected chi connectivity index (χ4v) is 10.3. The summed E-state index contributed by atoms with van der Waals surface area (Å²) in [5.41, 5.74) is 10.00. The molecule has 4 aromatic rings. The number of piperazine rings is 1. The van der Waals surface area contributed by atoms with Crippen molar-refractivity contribution in [1.82, 2.24) is 20.0 Å². The molecule has 4 saturated heterocycles. The Hall–Kier alpha value is -4.47. The highest BCUT2D eigenvalue weighted by molar-refractivity contribution is 6.18. The molecule has 1 N–H and O–H groups in total. The zero-order valence-electron chi connectivity index (χ0n) is 32.8. The summed E-state index contributed by atoms with van der Waals surface area (Å²) in [6.45, 7) is 8.95. The molecule has 9 heteroatoms. The molecule has 2 amide bonds. The fraction of sp³-hybridized carbons (Fsp3) is 0.417. The number of carbonyl (C=O) groups excluding carboxylic acids is 2. The summed E-state index contributed by atoms with van der Waals surface area (Å²) in [6, 6.07) is 37.7. The molecular weight excluding hydrogens is 730 g/mol. The molecule has 0 saturated carbocycles. The number of fused-ring (bicyclic) bond motifs is 3. The Balaban J connectivity index is 0.732. The number of benzene rings is 4. The molecular formula is C48H54ClN5O3. The molecule has 8 nitrogen and oxygen atoms in total. The lowest BCUT2D eigenvalue weighted by molar-refractivity contribution is -0.137. The molecule has 2 bridgehead atoms. The maximum absolute atomic E-state index is 12.5. The minimum absolute atomic E-state index is 0.142. The van der Waals surface area contributed by atoms with E-state index in [9.17, 15) is 9.59 Å². The second-order valence-electron chi connectivity index (χ2n) is 16.7. The number of amides is 2. The second-order valence-corrected chi connectivity index (χ2v) is 17.0. The molecule has 5 aliphatic rings. The quantitative estimate of drug-likeness (QED) is 0.0859. The van der Waals surface area contributed by atoms with Crippen molar-refractivity contribution in [2.24, 2.45) is 5.92 Å². The number of piperidine rings is 2. The summed E-state index contributed by atoms with van der Waals surface area (Å²) in [4.78, 5) is 34.4. The molecule has 5 heterocycles. The van der Waals surface area contributed by atoms with Crippen LogP contribution in [0.1, 0.15) is 66.3 Å². The molecule has 0 aromatic heterocycles. The standard InChI is InChI=1S/C48H54ClN5O3/c49-22-19-44(35-7-3-1-4-8-35)47(36-9-5-2-6-10-36)37-12-15-43(16-13-37)57-26-25-51-23-20-34(21-24-51)29-52-32-42-28-41(52)33-54(42)40-14-11-38-30-53(31-39(38)27-40)45-17-18-46(55)50-48(45)56/h1-16,27,34,41-42,45H,17-26,28-33H2,(H,50,55,56). The summed E-state index contributed by atoms with van der Waals surface area (Å²) >= 11 is 6.36. The number of nitrogens with zero attached hydrogens (tertiary/aromatic N) is 4. The largest absolute Gasteiger partial charge is 0.492 e. The molecule has 9 rings (SSSR count). The Morgan fingerprint density at radius 1 is 0.772 bits per heavy atom. The van der Waals surface area contributed by atoms with Crippen LogP contribution in [-0.2, 0) is 22.7 Å². The molecule has 4 aromatic carbocycles. The minimum Gasteiger partial charge on any atom is -0.492 e. The number of alkyl halides is 1. The van der Waals surface area contributed by atoms with Crippen molar-refractivity contribution in [3.63, 3.8) is 0 Å². The van der Waals surface area contributed by atoms with E-state index in [4.69, 9.17) is 16.3 Å². The van der Waals surface area contributed by atoms with Gasteiger partial charge in [-0.25, -0.2) is 0 Å². The van der Waals surface area contributed by atoms with Gasteiger partial charge in [0.1, 0.15) is 12.4 Å². The number of anilines is 1. The Bertz CT molecular complexity index is 2070. The SMILES string of the molecule is O=C1CCC(N2Cc3ccc(N4CC5CC4CN5CC4CCN(CCOc5ccc(C(=C(CCCl)c6ccccc6)c6ccccc6)cc5)CC4)cc3C2)C(=O)N1. The van der Waals surface area contributed by atoms with Crippen molar-refractivity contribution >= 4 is 40.2 Å². The first-order valence-corrected chi connectivity index (χ1v) is 21.6. The van der Waals surface area contributed by atoms with E-state index >= 15 is 0 Å². The van der Waals surface area contributed by atoms with Crippen LogP contribution in [0.3, 0.4) is 0 Å². The van der Waals surface area contributed by atoms with E-state index in [1.54, 1.807) is 0 Å². The molecule has 3 atom stereocenters. The van der Waals surface area contributed by atoms with Gasteiger partial charge in [-0.3, -0.25) is 29.6 Å². The first-order chi connectivity index (χ1) is 28.0. The topological polar surface area (TPSA) is 68.4 Å². The maximum atomic E-state index is 12.5. The maximum Gasteiger partial charge on any atom is 0.243 e. The first kappa shape index (κ1) is 38.1. The minimum atomic E-state index is -0.211. The lowest BCUT2D eigenvalue weighted by Crippen LogP contribution is -2.50. The van der Waals surface area contributed by atoms with Gasteiger partial charge < -0.3 is 9.64 Å². The van der Waals surface area contributed by atoms with Crippen LogP contribution in [0.2, 0.25) is 0 Å². The summed E-state index contributed by atoms with van der Waals surface area (Å²) in [7, 11) is 0. The van der Waals surface area contributed by atoms with Gasteiger partial charge in [0.25, 0.3) is 0 Å². The van der Waals surface area contributed by atoms with Gasteiger partial charge in [0.15, 0.2) is 0 Å². The molecule has 3 unspecified atom stereocenters. The lowest BCUT2D eigenvalue weighted by atomic mass is 9.88. The molecule has 0 spiro atoms. The Morgan fingerprint density at radius 2 is 1.49 bits per heavy atom. The first-order valence-electron chi connectivity index (χ1n) is 21.0.